The van der Waals surface area contributed by atoms with E-state index >= 15 is 0 Å². The van der Waals surface area contributed by atoms with Crippen LogP contribution in [-0.2, 0) is 6.61 Å². The molecule has 1 aromatic heterocycles. The lowest BCUT2D eigenvalue weighted by atomic mass is 9.98. The summed E-state index contributed by atoms with van der Waals surface area (Å²) in [5, 5.41) is 11.7. The molecule has 0 radical (unpaired) electrons. The minimum Gasteiger partial charge on any atom is -0.488 e. The molecule has 5 heteroatoms. The lowest BCUT2D eigenvalue weighted by Crippen LogP contribution is -2.12. The highest BCUT2D eigenvalue weighted by Crippen LogP contribution is 2.38. The summed E-state index contributed by atoms with van der Waals surface area (Å²) in [6, 6.07) is 16.1. The topological polar surface area (TPSA) is 75.0 Å². The van der Waals surface area contributed by atoms with Gasteiger partial charge in [0.1, 0.15) is 12.4 Å². The lowest BCUT2D eigenvalue weighted by molar-refractivity contribution is 0.102. The Morgan fingerprint density at radius 3 is 2.76 bits per heavy atom. The average molecular weight is 327 g/mol. The zero-order chi connectivity index (χ0) is 17.2. The van der Waals surface area contributed by atoms with Gasteiger partial charge in [0.05, 0.1) is 11.6 Å². The fraction of sp³-hybridized carbons (Fsp3) is 0.0500. The first-order valence-electron chi connectivity index (χ1n) is 7.76. The van der Waals surface area contributed by atoms with Crippen molar-refractivity contribution in [2.24, 2.45) is 0 Å². The molecule has 5 nitrogen and oxygen atoms in total. The fourth-order valence-corrected chi connectivity index (χ4v) is 2.80. The van der Waals surface area contributed by atoms with Gasteiger partial charge in [-0.1, -0.05) is 0 Å². The van der Waals surface area contributed by atoms with E-state index in [-0.39, 0.29) is 5.91 Å². The van der Waals surface area contributed by atoms with Crippen LogP contribution in [0.25, 0.3) is 11.1 Å². The number of anilines is 1. The number of fused-ring (bicyclic) bond motifs is 3. The second-order valence-electron chi connectivity index (χ2n) is 5.68. The number of hydrogen-bond donors (Lipinski definition) is 1. The standard InChI is InChI=1S/C20H13N3O2/c21-10-13-1-3-14(4-2-13)20(24)23-16-5-6-18-17-7-8-22-11-15(17)12-25-19(18)9-16/h1-9,11H,12H2,(H,23,24). The van der Waals surface area contributed by atoms with Gasteiger partial charge >= 0.3 is 0 Å². The zero-order valence-corrected chi connectivity index (χ0v) is 13.2. The van der Waals surface area contributed by atoms with Gasteiger partial charge in [-0.25, -0.2) is 0 Å². The Morgan fingerprint density at radius 1 is 1.12 bits per heavy atom. The molecule has 0 unspecified atom stereocenters. The predicted octanol–water partition coefficient (Wildman–Crippen LogP) is 3.76. The van der Waals surface area contributed by atoms with Crippen molar-refractivity contribution < 1.29 is 9.53 Å². The molecule has 4 rings (SSSR count). The molecule has 0 bridgehead atoms. The fourth-order valence-electron chi connectivity index (χ4n) is 2.80. The molecular weight excluding hydrogens is 314 g/mol. The van der Waals surface area contributed by atoms with Gasteiger partial charge in [-0.15, -0.1) is 0 Å². The number of nitriles is 1. The number of carbonyl (C=O) groups excluding carboxylic acids is 1. The Labute approximate surface area is 144 Å². The highest BCUT2D eigenvalue weighted by atomic mass is 16.5. The monoisotopic (exact) mass is 327 g/mol. The van der Waals surface area contributed by atoms with Gasteiger partial charge in [-0.2, -0.15) is 5.26 Å². The number of rotatable bonds is 2. The first-order valence-corrected chi connectivity index (χ1v) is 7.76. The molecule has 1 amide bonds. The minimum absolute atomic E-state index is 0.232. The van der Waals surface area contributed by atoms with E-state index in [9.17, 15) is 4.79 Å². The van der Waals surface area contributed by atoms with Crippen LogP contribution in [0.3, 0.4) is 0 Å². The van der Waals surface area contributed by atoms with Gasteiger partial charge in [0.15, 0.2) is 0 Å². The molecule has 2 heterocycles. The van der Waals surface area contributed by atoms with Crippen LogP contribution < -0.4 is 10.1 Å². The van der Waals surface area contributed by atoms with E-state index in [1.54, 1.807) is 36.7 Å². The molecule has 0 aliphatic carbocycles. The summed E-state index contributed by atoms with van der Waals surface area (Å²) in [7, 11) is 0. The van der Waals surface area contributed by atoms with Gasteiger partial charge in [0.2, 0.25) is 0 Å². The number of amides is 1. The van der Waals surface area contributed by atoms with Crippen LogP contribution in [0.4, 0.5) is 5.69 Å². The first-order chi connectivity index (χ1) is 12.2. The molecule has 2 aromatic carbocycles. The maximum Gasteiger partial charge on any atom is 0.255 e. The summed E-state index contributed by atoms with van der Waals surface area (Å²) in [5.41, 5.74) is 4.80. The Balaban J connectivity index is 1.59. The highest BCUT2D eigenvalue weighted by molar-refractivity contribution is 6.04. The van der Waals surface area contributed by atoms with Crippen molar-refractivity contribution in [1.29, 1.82) is 5.26 Å². The van der Waals surface area contributed by atoms with Crippen molar-refractivity contribution in [2.45, 2.75) is 6.61 Å². The van der Waals surface area contributed by atoms with Crippen LogP contribution >= 0.6 is 0 Å². The number of hydrogen-bond acceptors (Lipinski definition) is 4. The third-order valence-corrected chi connectivity index (χ3v) is 4.09. The zero-order valence-electron chi connectivity index (χ0n) is 13.2. The Hall–Kier alpha value is -3.65. The molecular formula is C20H13N3O2. The van der Waals surface area contributed by atoms with Gasteiger partial charge in [0.25, 0.3) is 5.91 Å². The molecule has 0 atom stereocenters. The van der Waals surface area contributed by atoms with Crippen molar-refractivity contribution in [3.63, 3.8) is 0 Å². The normalized spacial score (nSPS) is 11.5. The van der Waals surface area contributed by atoms with Crippen molar-refractivity contribution in [2.75, 3.05) is 5.32 Å². The van der Waals surface area contributed by atoms with Crippen LogP contribution in [0.5, 0.6) is 5.75 Å². The summed E-state index contributed by atoms with van der Waals surface area (Å²) in [5.74, 6) is 0.501. The largest absolute Gasteiger partial charge is 0.488 e. The van der Waals surface area contributed by atoms with Crippen LogP contribution in [-0.4, -0.2) is 10.9 Å². The maximum absolute atomic E-state index is 12.3. The van der Waals surface area contributed by atoms with E-state index in [0.29, 0.717) is 23.4 Å². The van der Waals surface area contributed by atoms with Crippen LogP contribution in [0.15, 0.2) is 60.9 Å². The van der Waals surface area contributed by atoms with Crippen molar-refractivity contribution in [1.82, 2.24) is 4.98 Å². The Bertz CT molecular complexity index is 1000. The summed E-state index contributed by atoms with van der Waals surface area (Å²) in [6.45, 7) is 0.462. The van der Waals surface area contributed by atoms with E-state index in [4.69, 9.17) is 10.00 Å². The van der Waals surface area contributed by atoms with E-state index < -0.39 is 0 Å². The first kappa shape index (κ1) is 14.9. The third kappa shape index (κ3) is 2.81. The summed E-state index contributed by atoms with van der Waals surface area (Å²) >= 11 is 0. The Kier molecular flexibility index (Phi) is 3.64. The number of benzene rings is 2. The van der Waals surface area contributed by atoms with E-state index in [2.05, 4.69) is 10.3 Å². The van der Waals surface area contributed by atoms with Gasteiger partial charge < -0.3 is 10.1 Å². The van der Waals surface area contributed by atoms with E-state index in [1.165, 1.54) is 0 Å². The smallest absolute Gasteiger partial charge is 0.255 e. The number of aromatic nitrogens is 1. The number of nitrogens with one attached hydrogen (secondary N) is 1. The average Bonchev–Trinajstić information content (AvgIpc) is 2.67. The molecule has 1 aliphatic heterocycles. The molecule has 1 N–H and O–H groups in total. The molecule has 1 aliphatic rings. The van der Waals surface area contributed by atoms with Crippen LogP contribution in [0.1, 0.15) is 21.5 Å². The molecule has 120 valence electrons. The quantitative estimate of drug-likeness (QED) is 0.777. The van der Waals surface area contributed by atoms with Crippen molar-refractivity contribution in [3.05, 3.63) is 77.6 Å². The van der Waals surface area contributed by atoms with Crippen LogP contribution in [0.2, 0.25) is 0 Å². The second-order valence-corrected chi connectivity index (χ2v) is 5.68. The number of carbonyl (C=O) groups is 1. The van der Waals surface area contributed by atoms with Crippen molar-refractivity contribution in [3.8, 4) is 22.9 Å². The molecule has 25 heavy (non-hydrogen) atoms. The second kappa shape index (κ2) is 6.10. The summed E-state index contributed by atoms with van der Waals surface area (Å²) in [4.78, 5) is 16.5. The minimum atomic E-state index is -0.232. The number of pyridine rings is 1. The third-order valence-electron chi connectivity index (χ3n) is 4.09. The predicted molar refractivity (Wildman–Crippen MR) is 93.1 cm³/mol. The number of nitrogens with zero attached hydrogens (tertiary/aromatic N) is 2. The molecule has 3 aromatic rings. The summed E-state index contributed by atoms with van der Waals surface area (Å²) in [6.07, 6.45) is 3.56. The molecule has 0 fully saturated rings. The Morgan fingerprint density at radius 2 is 1.96 bits per heavy atom. The lowest BCUT2D eigenvalue weighted by Gasteiger charge is -2.21. The van der Waals surface area contributed by atoms with Crippen molar-refractivity contribution >= 4 is 11.6 Å². The summed E-state index contributed by atoms with van der Waals surface area (Å²) < 4.78 is 5.78. The maximum atomic E-state index is 12.3. The van der Waals surface area contributed by atoms with Gasteiger partial charge in [0, 0.05) is 40.8 Å². The van der Waals surface area contributed by atoms with Crippen LogP contribution in [0, 0.1) is 11.3 Å². The van der Waals surface area contributed by atoms with E-state index in [0.717, 1.165) is 22.4 Å². The molecule has 0 saturated heterocycles. The molecule has 0 saturated carbocycles. The SMILES string of the molecule is N#Cc1ccc(C(=O)Nc2ccc3c(c2)OCc2cnccc2-3)cc1. The highest BCUT2D eigenvalue weighted by Gasteiger charge is 2.18. The molecule has 0 spiro atoms. The van der Waals surface area contributed by atoms with E-state index in [1.807, 2.05) is 30.3 Å². The van der Waals surface area contributed by atoms with Gasteiger partial charge in [-0.3, -0.25) is 9.78 Å². The number of ether oxygens (including phenoxy) is 1. The van der Waals surface area contributed by atoms with Gasteiger partial charge in [-0.05, 0) is 48.0 Å².